The van der Waals surface area contributed by atoms with E-state index in [2.05, 4.69) is 25.7 Å². The predicted molar refractivity (Wildman–Crippen MR) is 94.0 cm³/mol. The van der Waals surface area contributed by atoms with Gasteiger partial charge in [-0.25, -0.2) is 4.68 Å². The molecule has 0 bridgehead atoms. The third kappa shape index (κ3) is 3.95. The Bertz CT molecular complexity index is 679. The molecule has 140 valence electrons. The fraction of sp³-hybridized carbons (Fsp3) is 0.667. The van der Waals surface area contributed by atoms with Crippen LogP contribution in [0.4, 0.5) is 0 Å². The fourth-order valence-electron chi connectivity index (χ4n) is 4.19. The summed E-state index contributed by atoms with van der Waals surface area (Å²) in [4.78, 5) is 15.3. The molecule has 1 saturated heterocycles. The summed E-state index contributed by atoms with van der Waals surface area (Å²) < 4.78 is 6.96. The minimum Gasteiger partial charge on any atom is -0.472 e. The number of nitrogens with zero attached hydrogens (tertiary/aromatic N) is 5. The van der Waals surface area contributed by atoms with Crippen LogP contribution in [0.5, 0.6) is 0 Å². The van der Waals surface area contributed by atoms with Crippen molar-refractivity contribution in [2.24, 2.45) is 0 Å². The molecule has 2 fully saturated rings. The van der Waals surface area contributed by atoms with E-state index in [1.54, 1.807) is 23.5 Å². The lowest BCUT2D eigenvalue weighted by atomic mass is 10.1. The molecular formula is C18H26N6O2. The number of amides is 1. The van der Waals surface area contributed by atoms with Crippen molar-refractivity contribution < 1.29 is 9.21 Å². The van der Waals surface area contributed by atoms with Crippen molar-refractivity contribution in [2.45, 2.75) is 69.6 Å². The smallest absolute Gasteiger partial charge is 0.237 e. The lowest BCUT2D eigenvalue weighted by Gasteiger charge is -2.25. The number of carbonyl (C=O) groups excluding carboxylic acids is 1. The summed E-state index contributed by atoms with van der Waals surface area (Å²) in [6, 6.07) is 2.21. The maximum Gasteiger partial charge on any atom is 0.237 e. The van der Waals surface area contributed by atoms with Gasteiger partial charge in [0.05, 0.1) is 24.6 Å². The molecule has 26 heavy (non-hydrogen) atoms. The standard InChI is InChI=1S/C18H26N6O2/c25-18(20-15-5-3-1-2-4-6-15)17-9-16(24-13-19-21-22-24)11-23(17)10-14-7-8-26-12-14/h7-8,12-13,15-17H,1-6,9-11H2,(H,20,25)/t16-,17+/m1/s1. The fourth-order valence-corrected chi connectivity index (χ4v) is 4.19. The van der Waals surface area contributed by atoms with Crippen molar-refractivity contribution in [3.05, 3.63) is 30.5 Å². The van der Waals surface area contributed by atoms with Gasteiger partial charge in [-0.05, 0) is 35.8 Å². The third-order valence-corrected chi connectivity index (χ3v) is 5.59. The van der Waals surface area contributed by atoms with Gasteiger partial charge < -0.3 is 9.73 Å². The van der Waals surface area contributed by atoms with Gasteiger partial charge in [0.15, 0.2) is 0 Å². The second-order valence-electron chi connectivity index (χ2n) is 7.45. The van der Waals surface area contributed by atoms with Gasteiger partial charge in [-0.15, -0.1) is 5.10 Å². The van der Waals surface area contributed by atoms with E-state index in [0.717, 1.165) is 31.4 Å². The number of tetrazole rings is 1. The molecule has 0 aromatic carbocycles. The molecule has 8 nitrogen and oxygen atoms in total. The number of aromatic nitrogens is 4. The number of carbonyl (C=O) groups is 1. The number of hydrogen-bond acceptors (Lipinski definition) is 6. The van der Waals surface area contributed by atoms with Crippen LogP contribution in [0.2, 0.25) is 0 Å². The highest BCUT2D eigenvalue weighted by Gasteiger charge is 2.38. The topological polar surface area (TPSA) is 89.1 Å². The van der Waals surface area contributed by atoms with Crippen molar-refractivity contribution >= 4 is 5.91 Å². The van der Waals surface area contributed by atoms with Crippen LogP contribution in [0.25, 0.3) is 0 Å². The van der Waals surface area contributed by atoms with Gasteiger partial charge in [0, 0.05) is 24.7 Å². The van der Waals surface area contributed by atoms with Crippen LogP contribution in [0.3, 0.4) is 0 Å². The molecule has 1 saturated carbocycles. The van der Waals surface area contributed by atoms with Crippen LogP contribution < -0.4 is 5.32 Å². The maximum atomic E-state index is 13.0. The first kappa shape index (κ1) is 17.2. The van der Waals surface area contributed by atoms with E-state index in [1.807, 2.05) is 6.07 Å². The molecule has 1 aliphatic heterocycles. The highest BCUT2D eigenvalue weighted by molar-refractivity contribution is 5.82. The largest absolute Gasteiger partial charge is 0.472 e. The molecule has 0 unspecified atom stereocenters. The molecule has 4 rings (SSSR count). The summed E-state index contributed by atoms with van der Waals surface area (Å²) in [6.45, 7) is 1.44. The highest BCUT2D eigenvalue weighted by Crippen LogP contribution is 2.29. The summed E-state index contributed by atoms with van der Waals surface area (Å²) in [5, 5.41) is 14.8. The van der Waals surface area contributed by atoms with E-state index in [0.29, 0.717) is 12.6 Å². The van der Waals surface area contributed by atoms with Gasteiger partial charge in [-0.2, -0.15) is 0 Å². The van der Waals surface area contributed by atoms with E-state index >= 15 is 0 Å². The van der Waals surface area contributed by atoms with Crippen molar-refractivity contribution in [3.8, 4) is 0 Å². The Morgan fingerprint density at radius 2 is 2.12 bits per heavy atom. The van der Waals surface area contributed by atoms with E-state index in [9.17, 15) is 4.79 Å². The molecular weight excluding hydrogens is 332 g/mol. The van der Waals surface area contributed by atoms with E-state index < -0.39 is 0 Å². The zero-order valence-corrected chi connectivity index (χ0v) is 15.0. The third-order valence-electron chi connectivity index (χ3n) is 5.59. The molecule has 8 heteroatoms. The molecule has 1 amide bonds. The summed E-state index contributed by atoms with van der Waals surface area (Å²) in [5.41, 5.74) is 1.08. The van der Waals surface area contributed by atoms with Crippen LogP contribution in [0.15, 0.2) is 29.3 Å². The Hall–Kier alpha value is -2.22. The lowest BCUT2D eigenvalue weighted by molar-refractivity contribution is -0.126. The number of nitrogens with one attached hydrogen (secondary N) is 1. The Morgan fingerprint density at radius 3 is 2.81 bits per heavy atom. The second kappa shape index (κ2) is 7.99. The molecule has 0 radical (unpaired) electrons. The molecule has 2 aromatic rings. The van der Waals surface area contributed by atoms with Gasteiger partial charge in [-0.1, -0.05) is 25.7 Å². The van der Waals surface area contributed by atoms with Gasteiger partial charge in [0.1, 0.15) is 6.33 Å². The Morgan fingerprint density at radius 1 is 1.27 bits per heavy atom. The number of likely N-dealkylation sites (tertiary alicyclic amines) is 1. The zero-order chi connectivity index (χ0) is 17.8. The van der Waals surface area contributed by atoms with Crippen LogP contribution in [-0.2, 0) is 11.3 Å². The Kier molecular flexibility index (Phi) is 5.29. The highest BCUT2D eigenvalue weighted by atomic mass is 16.3. The van der Waals surface area contributed by atoms with Crippen LogP contribution in [-0.4, -0.2) is 49.6 Å². The first-order valence-electron chi connectivity index (χ1n) is 9.57. The molecule has 1 aliphatic carbocycles. The van der Waals surface area contributed by atoms with E-state index in [4.69, 9.17) is 4.42 Å². The van der Waals surface area contributed by atoms with Gasteiger partial charge in [-0.3, -0.25) is 9.69 Å². The van der Waals surface area contributed by atoms with Crippen LogP contribution in [0.1, 0.15) is 56.6 Å². The van der Waals surface area contributed by atoms with Crippen LogP contribution >= 0.6 is 0 Å². The molecule has 3 heterocycles. The molecule has 0 spiro atoms. The van der Waals surface area contributed by atoms with Crippen molar-refractivity contribution in [2.75, 3.05) is 6.54 Å². The lowest BCUT2D eigenvalue weighted by Crippen LogP contribution is -2.46. The average molecular weight is 358 g/mol. The van der Waals surface area contributed by atoms with Gasteiger partial charge in [0.2, 0.25) is 5.91 Å². The van der Waals surface area contributed by atoms with Crippen molar-refractivity contribution in [1.29, 1.82) is 0 Å². The summed E-state index contributed by atoms with van der Waals surface area (Å²) in [6.07, 6.45) is 12.9. The molecule has 1 N–H and O–H groups in total. The quantitative estimate of drug-likeness (QED) is 0.822. The minimum absolute atomic E-state index is 0.113. The number of furan rings is 1. The SMILES string of the molecule is O=C(NC1CCCCCC1)[C@@H]1C[C@@H](n2cnnn2)CN1Cc1ccoc1. The summed E-state index contributed by atoms with van der Waals surface area (Å²) >= 11 is 0. The maximum absolute atomic E-state index is 13.0. The van der Waals surface area contributed by atoms with Crippen molar-refractivity contribution in [3.63, 3.8) is 0 Å². The normalized spacial score (nSPS) is 25.2. The average Bonchev–Trinajstić information content (AvgIpc) is 3.36. The Balaban J connectivity index is 1.45. The van der Waals surface area contributed by atoms with E-state index in [-0.39, 0.29) is 18.0 Å². The van der Waals surface area contributed by atoms with Gasteiger partial charge in [0.25, 0.3) is 0 Å². The predicted octanol–water partition coefficient (Wildman–Crippen LogP) is 1.92. The van der Waals surface area contributed by atoms with Crippen LogP contribution in [0, 0.1) is 0 Å². The first-order chi connectivity index (χ1) is 12.8. The summed E-state index contributed by atoms with van der Waals surface area (Å²) in [5.74, 6) is 0.135. The molecule has 2 aliphatic rings. The molecule has 2 aromatic heterocycles. The molecule has 2 atom stereocenters. The first-order valence-corrected chi connectivity index (χ1v) is 9.57. The van der Waals surface area contributed by atoms with Crippen molar-refractivity contribution in [1.82, 2.24) is 30.4 Å². The monoisotopic (exact) mass is 358 g/mol. The second-order valence-corrected chi connectivity index (χ2v) is 7.45. The van der Waals surface area contributed by atoms with E-state index in [1.165, 1.54) is 25.7 Å². The number of rotatable bonds is 5. The minimum atomic E-state index is -0.164. The summed E-state index contributed by atoms with van der Waals surface area (Å²) in [7, 11) is 0. The van der Waals surface area contributed by atoms with Gasteiger partial charge >= 0.3 is 0 Å². The Labute approximate surface area is 152 Å². The number of hydrogen-bond donors (Lipinski definition) is 1. The zero-order valence-electron chi connectivity index (χ0n) is 15.0.